The zero-order valence-corrected chi connectivity index (χ0v) is 16.0. The van der Waals surface area contributed by atoms with Crippen LogP contribution in [0.15, 0.2) is 6.07 Å². The molecule has 3 N–H and O–H groups in total. The molecule has 2 saturated carbocycles. The molecule has 2 bridgehead atoms. The second-order valence-electron chi connectivity index (χ2n) is 8.47. The lowest BCUT2D eigenvalue weighted by atomic mass is 9.67. The summed E-state index contributed by atoms with van der Waals surface area (Å²) in [6, 6.07) is 2.52. The molecule has 0 radical (unpaired) electrons. The fourth-order valence-corrected chi connectivity index (χ4v) is 4.30. The number of fused-ring (bicyclic) bond motifs is 2. The van der Waals surface area contributed by atoms with Crippen LogP contribution in [0, 0.1) is 11.8 Å². The number of carbonyl (C=O) groups is 1. The van der Waals surface area contributed by atoms with E-state index in [1.54, 1.807) is 4.68 Å². The smallest absolute Gasteiger partial charge is 0.269 e. The number of hydrogen-bond donors (Lipinski definition) is 2. The Bertz CT molecular complexity index is 578. The summed E-state index contributed by atoms with van der Waals surface area (Å²) in [6.45, 7) is 6.35. The van der Waals surface area contributed by atoms with Gasteiger partial charge >= 0.3 is 0 Å². The quantitative estimate of drug-likeness (QED) is 0.857. The van der Waals surface area contributed by atoms with E-state index in [4.69, 9.17) is 5.73 Å². The van der Waals surface area contributed by atoms with Crippen LogP contribution >= 0.6 is 12.4 Å². The number of nitrogens with two attached hydrogens (primary N) is 1. The number of carbonyl (C=O) groups excluding carboxylic acids is 1. The Hall–Kier alpha value is -1.07. The summed E-state index contributed by atoms with van der Waals surface area (Å²) in [5.41, 5.74) is 7.74. The maximum absolute atomic E-state index is 12.8. The van der Waals surface area contributed by atoms with Crippen molar-refractivity contribution in [2.45, 2.75) is 70.4 Å². The molecule has 1 heterocycles. The normalized spacial score (nSPS) is 29.7. The van der Waals surface area contributed by atoms with Crippen LogP contribution < -0.4 is 11.1 Å². The van der Waals surface area contributed by atoms with Gasteiger partial charge in [0.05, 0.1) is 5.69 Å². The van der Waals surface area contributed by atoms with Crippen LogP contribution in [0.4, 0.5) is 0 Å². The van der Waals surface area contributed by atoms with E-state index in [1.807, 2.05) is 13.1 Å². The minimum Gasteiger partial charge on any atom is -0.347 e. The van der Waals surface area contributed by atoms with Gasteiger partial charge < -0.3 is 11.1 Å². The summed E-state index contributed by atoms with van der Waals surface area (Å²) < 4.78 is 1.71. The second kappa shape index (κ2) is 7.04. The predicted molar refractivity (Wildman–Crippen MR) is 98.5 cm³/mol. The number of halogens is 1. The zero-order chi connectivity index (χ0) is 16.8. The molecule has 1 aromatic rings. The molecule has 5 nitrogen and oxygen atoms in total. The van der Waals surface area contributed by atoms with Crippen molar-refractivity contribution >= 4 is 18.3 Å². The molecule has 2 unspecified atom stereocenters. The maximum atomic E-state index is 12.8. The van der Waals surface area contributed by atoms with Gasteiger partial charge in [0.25, 0.3) is 5.91 Å². The Morgan fingerprint density at radius 2 is 1.88 bits per heavy atom. The first-order valence-corrected chi connectivity index (χ1v) is 8.86. The van der Waals surface area contributed by atoms with Crippen molar-refractivity contribution in [1.29, 1.82) is 0 Å². The van der Waals surface area contributed by atoms with E-state index >= 15 is 0 Å². The van der Waals surface area contributed by atoms with Crippen LogP contribution in [-0.4, -0.2) is 27.8 Å². The highest BCUT2D eigenvalue weighted by atomic mass is 35.5. The van der Waals surface area contributed by atoms with Crippen molar-refractivity contribution in [3.63, 3.8) is 0 Å². The Kier molecular flexibility index (Phi) is 5.65. The fraction of sp³-hybridized carbons (Fsp3) is 0.778. The van der Waals surface area contributed by atoms with E-state index in [0.717, 1.165) is 18.5 Å². The molecule has 0 aromatic carbocycles. The van der Waals surface area contributed by atoms with Crippen molar-refractivity contribution in [2.75, 3.05) is 0 Å². The highest BCUT2D eigenvalue weighted by Gasteiger charge is 2.40. The van der Waals surface area contributed by atoms with Gasteiger partial charge in [-0.2, -0.15) is 5.10 Å². The van der Waals surface area contributed by atoms with Crippen molar-refractivity contribution < 1.29 is 4.79 Å². The van der Waals surface area contributed by atoms with Gasteiger partial charge in [-0.25, -0.2) is 0 Å². The SMILES string of the molecule is Cl.Cn1nc(C(C)(C)C)cc1C(=O)NC1C2CCCC1CC(N)C2. The van der Waals surface area contributed by atoms with E-state index < -0.39 is 0 Å². The van der Waals surface area contributed by atoms with Crippen molar-refractivity contribution in [3.05, 3.63) is 17.5 Å². The van der Waals surface area contributed by atoms with E-state index in [9.17, 15) is 4.79 Å². The molecule has 2 aliphatic rings. The molecule has 3 rings (SSSR count). The molecule has 2 aliphatic carbocycles. The fourth-order valence-electron chi connectivity index (χ4n) is 4.30. The highest BCUT2D eigenvalue weighted by Crippen LogP contribution is 2.39. The van der Waals surface area contributed by atoms with Gasteiger partial charge in [-0.1, -0.05) is 27.2 Å². The molecule has 0 spiro atoms. The van der Waals surface area contributed by atoms with Crippen LogP contribution in [0.3, 0.4) is 0 Å². The third kappa shape index (κ3) is 3.77. The number of aryl methyl sites for hydroxylation is 1. The number of rotatable bonds is 2. The van der Waals surface area contributed by atoms with Gasteiger partial charge in [0.2, 0.25) is 0 Å². The molecule has 0 saturated heterocycles. The third-order valence-corrected chi connectivity index (χ3v) is 5.56. The molecule has 1 aromatic heterocycles. The van der Waals surface area contributed by atoms with Gasteiger partial charge in [0.1, 0.15) is 5.69 Å². The number of amides is 1. The number of hydrogen-bond acceptors (Lipinski definition) is 3. The predicted octanol–water partition coefficient (Wildman–Crippen LogP) is 2.78. The van der Waals surface area contributed by atoms with Crippen molar-refractivity contribution in [3.8, 4) is 0 Å². The van der Waals surface area contributed by atoms with Gasteiger partial charge in [-0.15, -0.1) is 12.4 Å². The van der Waals surface area contributed by atoms with Crippen LogP contribution in [0.5, 0.6) is 0 Å². The van der Waals surface area contributed by atoms with Gasteiger partial charge in [0.15, 0.2) is 0 Å². The van der Waals surface area contributed by atoms with Gasteiger partial charge in [-0.05, 0) is 43.6 Å². The molecular weight excluding hydrogens is 324 g/mol. The zero-order valence-electron chi connectivity index (χ0n) is 15.2. The average molecular weight is 355 g/mol. The molecular formula is C18H31ClN4O. The van der Waals surface area contributed by atoms with Gasteiger partial charge in [0, 0.05) is 24.5 Å². The molecule has 1 amide bonds. The minimum absolute atomic E-state index is 0. The standard InChI is InChI=1S/C18H30N4O.ClH/c1-18(2,3)15-10-14(22(4)21-15)17(23)20-16-11-6-5-7-12(16)9-13(19)8-11;/h10-13,16H,5-9,19H2,1-4H3,(H,20,23);1H. The summed E-state index contributed by atoms with van der Waals surface area (Å²) in [5, 5.41) is 7.82. The van der Waals surface area contributed by atoms with Crippen LogP contribution in [0.2, 0.25) is 0 Å². The molecule has 2 atom stereocenters. The topological polar surface area (TPSA) is 72.9 Å². The Balaban J connectivity index is 0.00000208. The number of nitrogens with one attached hydrogen (secondary N) is 1. The van der Waals surface area contributed by atoms with E-state index in [2.05, 4.69) is 31.2 Å². The Morgan fingerprint density at radius 3 is 2.38 bits per heavy atom. The average Bonchev–Trinajstić information content (AvgIpc) is 2.82. The molecule has 0 aliphatic heterocycles. The minimum atomic E-state index is -0.0512. The summed E-state index contributed by atoms with van der Waals surface area (Å²) in [5.74, 6) is 1.08. The number of nitrogens with zero attached hydrogens (tertiary/aromatic N) is 2. The van der Waals surface area contributed by atoms with E-state index in [-0.39, 0.29) is 29.8 Å². The molecule has 6 heteroatoms. The van der Waals surface area contributed by atoms with E-state index in [0.29, 0.717) is 23.6 Å². The van der Waals surface area contributed by atoms with Crippen LogP contribution in [-0.2, 0) is 12.5 Å². The largest absolute Gasteiger partial charge is 0.347 e. The second-order valence-corrected chi connectivity index (χ2v) is 8.47. The molecule has 24 heavy (non-hydrogen) atoms. The Morgan fingerprint density at radius 1 is 1.29 bits per heavy atom. The third-order valence-electron chi connectivity index (χ3n) is 5.56. The lowest BCUT2D eigenvalue weighted by Gasteiger charge is -2.45. The lowest BCUT2D eigenvalue weighted by molar-refractivity contribution is 0.0748. The number of aromatic nitrogens is 2. The lowest BCUT2D eigenvalue weighted by Crippen LogP contribution is -2.53. The monoisotopic (exact) mass is 354 g/mol. The first-order chi connectivity index (χ1) is 10.8. The highest BCUT2D eigenvalue weighted by molar-refractivity contribution is 5.93. The summed E-state index contributed by atoms with van der Waals surface area (Å²) >= 11 is 0. The Labute approximate surface area is 151 Å². The van der Waals surface area contributed by atoms with Crippen molar-refractivity contribution in [1.82, 2.24) is 15.1 Å². The molecule has 2 fully saturated rings. The van der Waals surface area contributed by atoms with Gasteiger partial charge in [-0.3, -0.25) is 9.48 Å². The van der Waals surface area contributed by atoms with E-state index in [1.165, 1.54) is 19.3 Å². The summed E-state index contributed by atoms with van der Waals surface area (Å²) in [7, 11) is 1.85. The first kappa shape index (κ1) is 19.3. The maximum Gasteiger partial charge on any atom is 0.269 e. The summed E-state index contributed by atoms with van der Waals surface area (Å²) in [6.07, 6.45) is 5.73. The van der Waals surface area contributed by atoms with Crippen LogP contribution in [0.1, 0.15) is 69.1 Å². The van der Waals surface area contributed by atoms with Crippen molar-refractivity contribution in [2.24, 2.45) is 24.6 Å². The van der Waals surface area contributed by atoms with Crippen LogP contribution in [0.25, 0.3) is 0 Å². The molecule has 136 valence electrons. The first-order valence-electron chi connectivity index (χ1n) is 8.86. The summed E-state index contributed by atoms with van der Waals surface area (Å²) in [4.78, 5) is 12.8.